The van der Waals surface area contributed by atoms with Gasteiger partial charge in [-0.15, -0.1) is 0 Å². The Morgan fingerprint density at radius 3 is 2.48 bits per heavy atom. The third-order valence-electron chi connectivity index (χ3n) is 4.39. The van der Waals surface area contributed by atoms with Crippen molar-refractivity contribution in [3.05, 3.63) is 17.3 Å². The number of hydrogen-bond acceptors (Lipinski definition) is 4. The van der Waals surface area contributed by atoms with Gasteiger partial charge in [0.2, 0.25) is 11.7 Å². The van der Waals surface area contributed by atoms with Gasteiger partial charge in [-0.1, -0.05) is 26.2 Å². The molecule has 1 aliphatic carbocycles. The smallest absolute Gasteiger partial charge is 0.289 e. The molecule has 2 amide bonds. The van der Waals surface area contributed by atoms with Crippen LogP contribution in [0.5, 0.6) is 0 Å². The summed E-state index contributed by atoms with van der Waals surface area (Å²) >= 11 is 0. The van der Waals surface area contributed by atoms with Crippen LogP contribution in [-0.2, 0) is 11.2 Å². The summed E-state index contributed by atoms with van der Waals surface area (Å²) < 4.78 is 5.60. The lowest BCUT2D eigenvalue weighted by atomic mass is 9.80. The minimum atomic E-state index is -0.816. The SMILES string of the molecule is CCCc1nc(C)c(C(=O)NC2(C(=O)N(C)C)CCCCC2)o1. The molecule has 0 aromatic carbocycles. The molecule has 1 heterocycles. The Morgan fingerprint density at radius 1 is 1.26 bits per heavy atom. The van der Waals surface area contributed by atoms with Crippen molar-refractivity contribution in [1.82, 2.24) is 15.2 Å². The summed E-state index contributed by atoms with van der Waals surface area (Å²) in [5.41, 5.74) is -0.239. The van der Waals surface area contributed by atoms with Crippen LogP contribution in [0.25, 0.3) is 0 Å². The lowest BCUT2D eigenvalue weighted by Gasteiger charge is -2.38. The van der Waals surface area contributed by atoms with Crippen LogP contribution in [0.1, 0.15) is 67.6 Å². The summed E-state index contributed by atoms with van der Waals surface area (Å²) in [6.07, 6.45) is 5.93. The second kappa shape index (κ2) is 7.15. The van der Waals surface area contributed by atoms with Crippen molar-refractivity contribution >= 4 is 11.8 Å². The third-order valence-corrected chi connectivity index (χ3v) is 4.39. The third kappa shape index (κ3) is 3.74. The molecule has 0 radical (unpaired) electrons. The van der Waals surface area contributed by atoms with Crippen LogP contribution in [0.3, 0.4) is 0 Å². The van der Waals surface area contributed by atoms with E-state index >= 15 is 0 Å². The lowest BCUT2D eigenvalue weighted by Crippen LogP contribution is -2.59. The van der Waals surface area contributed by atoms with E-state index in [1.807, 2.05) is 6.92 Å². The van der Waals surface area contributed by atoms with E-state index in [1.165, 1.54) is 0 Å². The first-order valence-corrected chi connectivity index (χ1v) is 8.40. The molecule has 1 fully saturated rings. The zero-order chi connectivity index (χ0) is 17.0. The summed E-state index contributed by atoms with van der Waals surface area (Å²) in [7, 11) is 3.45. The topological polar surface area (TPSA) is 75.4 Å². The highest BCUT2D eigenvalue weighted by Gasteiger charge is 2.42. The van der Waals surface area contributed by atoms with E-state index in [0.29, 0.717) is 30.8 Å². The first kappa shape index (κ1) is 17.5. The van der Waals surface area contributed by atoms with Crippen LogP contribution in [-0.4, -0.2) is 41.3 Å². The maximum atomic E-state index is 12.7. The van der Waals surface area contributed by atoms with Crippen molar-refractivity contribution in [2.24, 2.45) is 0 Å². The number of carbonyl (C=O) groups excluding carboxylic acids is 2. The highest BCUT2D eigenvalue weighted by atomic mass is 16.4. The van der Waals surface area contributed by atoms with Gasteiger partial charge in [0.1, 0.15) is 5.54 Å². The van der Waals surface area contributed by atoms with E-state index in [4.69, 9.17) is 4.42 Å². The first-order chi connectivity index (χ1) is 10.9. The van der Waals surface area contributed by atoms with E-state index in [0.717, 1.165) is 25.7 Å². The molecule has 0 atom stereocenters. The van der Waals surface area contributed by atoms with Gasteiger partial charge in [0.15, 0.2) is 5.89 Å². The van der Waals surface area contributed by atoms with Crippen LogP contribution >= 0.6 is 0 Å². The highest BCUT2D eigenvalue weighted by molar-refractivity contribution is 5.98. The van der Waals surface area contributed by atoms with E-state index in [9.17, 15) is 9.59 Å². The molecule has 0 saturated heterocycles. The second-order valence-corrected chi connectivity index (χ2v) is 6.57. The van der Waals surface area contributed by atoms with Crippen LogP contribution in [0.2, 0.25) is 0 Å². The van der Waals surface area contributed by atoms with Gasteiger partial charge in [0.25, 0.3) is 5.91 Å². The Bertz CT molecular complexity index is 572. The number of hydrogen-bond donors (Lipinski definition) is 1. The number of carbonyl (C=O) groups is 2. The monoisotopic (exact) mass is 321 g/mol. The number of aryl methyl sites for hydroxylation is 2. The molecular formula is C17H27N3O3. The second-order valence-electron chi connectivity index (χ2n) is 6.57. The van der Waals surface area contributed by atoms with Gasteiger partial charge in [0.05, 0.1) is 5.69 Å². The highest BCUT2D eigenvalue weighted by Crippen LogP contribution is 2.30. The Hall–Kier alpha value is -1.85. The quantitative estimate of drug-likeness (QED) is 0.904. The molecule has 1 aliphatic rings. The number of nitrogens with zero attached hydrogens (tertiary/aromatic N) is 2. The molecule has 23 heavy (non-hydrogen) atoms. The van der Waals surface area contributed by atoms with Crippen molar-refractivity contribution in [2.45, 2.75) is 64.3 Å². The van der Waals surface area contributed by atoms with Gasteiger partial charge in [-0.05, 0) is 26.2 Å². The molecule has 1 N–H and O–H groups in total. The van der Waals surface area contributed by atoms with Gasteiger partial charge in [0, 0.05) is 20.5 Å². The van der Waals surface area contributed by atoms with Crippen molar-refractivity contribution in [2.75, 3.05) is 14.1 Å². The fourth-order valence-corrected chi connectivity index (χ4v) is 3.23. The van der Waals surface area contributed by atoms with Crippen molar-refractivity contribution in [3.63, 3.8) is 0 Å². The summed E-state index contributed by atoms with van der Waals surface area (Å²) in [6, 6.07) is 0. The van der Waals surface area contributed by atoms with Crippen LogP contribution in [0, 0.1) is 6.92 Å². The summed E-state index contributed by atoms with van der Waals surface area (Å²) in [6.45, 7) is 3.80. The maximum absolute atomic E-state index is 12.7. The number of amides is 2. The van der Waals surface area contributed by atoms with E-state index in [1.54, 1.807) is 25.9 Å². The molecule has 0 bridgehead atoms. The fourth-order valence-electron chi connectivity index (χ4n) is 3.23. The van der Waals surface area contributed by atoms with E-state index in [-0.39, 0.29) is 17.6 Å². The molecule has 1 aromatic heterocycles. The predicted molar refractivity (Wildman–Crippen MR) is 87.2 cm³/mol. The van der Waals surface area contributed by atoms with Gasteiger partial charge in [-0.2, -0.15) is 0 Å². The molecule has 128 valence electrons. The minimum Gasteiger partial charge on any atom is -0.435 e. The summed E-state index contributed by atoms with van der Waals surface area (Å²) in [4.78, 5) is 31.2. The zero-order valence-electron chi connectivity index (χ0n) is 14.6. The Kier molecular flexibility index (Phi) is 5.44. The number of rotatable bonds is 5. The Balaban J connectivity index is 2.22. The Labute approximate surface area is 137 Å². The normalized spacial score (nSPS) is 16.9. The fraction of sp³-hybridized carbons (Fsp3) is 0.706. The molecule has 1 saturated carbocycles. The minimum absolute atomic E-state index is 0.0449. The van der Waals surface area contributed by atoms with Gasteiger partial charge in [-0.3, -0.25) is 9.59 Å². The number of likely N-dealkylation sites (N-methyl/N-ethyl adjacent to an activating group) is 1. The van der Waals surface area contributed by atoms with Crippen LogP contribution < -0.4 is 5.32 Å². The largest absolute Gasteiger partial charge is 0.435 e. The molecule has 0 aliphatic heterocycles. The van der Waals surface area contributed by atoms with Crippen LogP contribution in [0.15, 0.2) is 4.42 Å². The van der Waals surface area contributed by atoms with Crippen molar-refractivity contribution < 1.29 is 14.0 Å². The average molecular weight is 321 g/mol. The number of nitrogens with one attached hydrogen (secondary N) is 1. The maximum Gasteiger partial charge on any atom is 0.289 e. The van der Waals surface area contributed by atoms with E-state index < -0.39 is 5.54 Å². The molecule has 1 aromatic rings. The lowest BCUT2D eigenvalue weighted by molar-refractivity contribution is -0.136. The standard InChI is InChI=1S/C17H27N3O3/c1-5-9-13-18-12(2)14(23-13)15(21)19-17(16(22)20(3)4)10-7-6-8-11-17/h5-11H2,1-4H3,(H,19,21). The first-order valence-electron chi connectivity index (χ1n) is 8.40. The summed E-state index contributed by atoms with van der Waals surface area (Å²) in [5, 5.41) is 2.96. The van der Waals surface area contributed by atoms with E-state index in [2.05, 4.69) is 10.3 Å². The summed E-state index contributed by atoms with van der Waals surface area (Å²) in [5.74, 6) is 0.419. The average Bonchev–Trinajstić information content (AvgIpc) is 2.88. The molecule has 6 heteroatoms. The molecule has 0 unspecified atom stereocenters. The molecule has 6 nitrogen and oxygen atoms in total. The van der Waals surface area contributed by atoms with Gasteiger partial charge < -0.3 is 14.6 Å². The van der Waals surface area contributed by atoms with Crippen molar-refractivity contribution in [3.8, 4) is 0 Å². The van der Waals surface area contributed by atoms with Gasteiger partial charge in [-0.25, -0.2) is 4.98 Å². The zero-order valence-corrected chi connectivity index (χ0v) is 14.6. The molecule has 0 spiro atoms. The Morgan fingerprint density at radius 2 is 1.91 bits per heavy atom. The molecule has 2 rings (SSSR count). The predicted octanol–water partition coefficient (Wildman–Crippen LogP) is 2.46. The van der Waals surface area contributed by atoms with Crippen molar-refractivity contribution in [1.29, 1.82) is 0 Å². The van der Waals surface area contributed by atoms with Gasteiger partial charge >= 0.3 is 0 Å². The molecular weight excluding hydrogens is 294 g/mol. The number of aromatic nitrogens is 1. The number of oxazole rings is 1. The van der Waals surface area contributed by atoms with Crippen LogP contribution in [0.4, 0.5) is 0 Å².